The standard InChI is InChI=1S/C24H22N8O/c1-24(2,33)20-5-3-4-16(27-20)12-32-13-19(30-31-32)22-17-9-8-15-7-6-14(11-25)10-18(15)21(17)28-23(26)29-22/h3-7,10,13,33H,8-9,12H2,1-2H3,(H2,26,28,29). The Morgan fingerprint density at radius 1 is 1.12 bits per heavy atom. The number of rotatable bonds is 4. The van der Waals surface area contributed by atoms with E-state index in [1.807, 2.05) is 36.5 Å². The minimum absolute atomic E-state index is 0.146. The first kappa shape index (κ1) is 20.7. The van der Waals surface area contributed by atoms with Gasteiger partial charge in [-0.2, -0.15) is 5.26 Å². The summed E-state index contributed by atoms with van der Waals surface area (Å²) < 4.78 is 1.68. The number of nitrogens with two attached hydrogens (primary N) is 1. The van der Waals surface area contributed by atoms with Gasteiger partial charge in [-0.1, -0.05) is 17.3 Å². The van der Waals surface area contributed by atoms with Crippen molar-refractivity contribution in [2.24, 2.45) is 0 Å². The van der Waals surface area contributed by atoms with Crippen molar-refractivity contribution in [1.82, 2.24) is 29.9 Å². The molecule has 5 rings (SSSR count). The number of anilines is 1. The maximum Gasteiger partial charge on any atom is 0.221 e. The molecule has 0 amide bonds. The molecule has 1 aliphatic carbocycles. The van der Waals surface area contributed by atoms with Crippen LogP contribution >= 0.6 is 0 Å². The highest BCUT2D eigenvalue weighted by Gasteiger charge is 2.24. The molecule has 1 aliphatic rings. The summed E-state index contributed by atoms with van der Waals surface area (Å²) in [5.41, 5.74) is 11.9. The summed E-state index contributed by atoms with van der Waals surface area (Å²) in [6.07, 6.45) is 3.36. The fourth-order valence-electron chi connectivity index (χ4n) is 4.08. The average molecular weight is 438 g/mol. The lowest BCUT2D eigenvalue weighted by Crippen LogP contribution is -2.18. The fraction of sp³-hybridized carbons (Fsp3) is 0.250. The molecule has 4 aromatic rings. The Morgan fingerprint density at radius 3 is 2.73 bits per heavy atom. The molecule has 0 unspecified atom stereocenters. The third-order valence-electron chi connectivity index (χ3n) is 5.70. The van der Waals surface area contributed by atoms with E-state index in [2.05, 4.69) is 31.3 Å². The van der Waals surface area contributed by atoms with Gasteiger partial charge in [0.05, 0.1) is 41.5 Å². The summed E-state index contributed by atoms with van der Waals surface area (Å²) in [7, 11) is 0. The number of hydrogen-bond donors (Lipinski definition) is 2. The van der Waals surface area contributed by atoms with Crippen molar-refractivity contribution in [3.8, 4) is 28.7 Å². The van der Waals surface area contributed by atoms with E-state index >= 15 is 0 Å². The monoisotopic (exact) mass is 438 g/mol. The highest BCUT2D eigenvalue weighted by molar-refractivity contribution is 5.77. The maximum absolute atomic E-state index is 10.2. The van der Waals surface area contributed by atoms with Crippen molar-refractivity contribution in [2.75, 3.05) is 5.73 Å². The van der Waals surface area contributed by atoms with Crippen LogP contribution in [-0.2, 0) is 25.0 Å². The number of nitriles is 1. The number of fused-ring (bicyclic) bond motifs is 3. The highest BCUT2D eigenvalue weighted by Crippen LogP contribution is 2.37. The lowest BCUT2D eigenvalue weighted by molar-refractivity contribution is 0.0736. The predicted molar refractivity (Wildman–Crippen MR) is 122 cm³/mol. The quantitative estimate of drug-likeness (QED) is 0.496. The fourth-order valence-corrected chi connectivity index (χ4v) is 4.08. The second-order valence-electron chi connectivity index (χ2n) is 8.62. The Bertz CT molecular complexity index is 1410. The van der Waals surface area contributed by atoms with Crippen molar-refractivity contribution in [2.45, 2.75) is 38.8 Å². The van der Waals surface area contributed by atoms with Crippen LogP contribution in [0.1, 0.15) is 41.9 Å². The molecular weight excluding hydrogens is 416 g/mol. The van der Waals surface area contributed by atoms with Crippen LogP contribution < -0.4 is 5.73 Å². The van der Waals surface area contributed by atoms with Crippen molar-refractivity contribution in [1.29, 1.82) is 5.26 Å². The molecule has 0 saturated carbocycles. The summed E-state index contributed by atoms with van der Waals surface area (Å²) in [6, 6.07) is 13.4. The Hall–Kier alpha value is -4.16. The van der Waals surface area contributed by atoms with E-state index < -0.39 is 5.60 Å². The molecule has 3 heterocycles. The van der Waals surface area contributed by atoms with Gasteiger partial charge in [0.25, 0.3) is 0 Å². The average Bonchev–Trinajstić information content (AvgIpc) is 3.26. The zero-order chi connectivity index (χ0) is 23.2. The van der Waals surface area contributed by atoms with Crippen LogP contribution in [-0.4, -0.2) is 35.1 Å². The molecule has 0 spiro atoms. The number of nitrogens with zero attached hydrogens (tertiary/aromatic N) is 7. The normalized spacial score (nSPS) is 12.7. The minimum atomic E-state index is -1.03. The molecule has 33 heavy (non-hydrogen) atoms. The van der Waals surface area contributed by atoms with E-state index in [1.165, 1.54) is 0 Å². The van der Waals surface area contributed by atoms with Crippen LogP contribution in [0.3, 0.4) is 0 Å². The van der Waals surface area contributed by atoms with Crippen LogP contribution in [0.4, 0.5) is 5.95 Å². The van der Waals surface area contributed by atoms with Gasteiger partial charge in [-0.05, 0) is 56.5 Å². The molecule has 1 aromatic carbocycles. The second kappa shape index (κ2) is 7.76. The molecule has 0 bridgehead atoms. The second-order valence-corrected chi connectivity index (χ2v) is 8.62. The van der Waals surface area contributed by atoms with Gasteiger partial charge in [0.15, 0.2) is 0 Å². The first-order chi connectivity index (χ1) is 15.8. The lowest BCUT2D eigenvalue weighted by atomic mass is 9.87. The topological polar surface area (TPSA) is 139 Å². The van der Waals surface area contributed by atoms with Crippen LogP contribution in [0.2, 0.25) is 0 Å². The van der Waals surface area contributed by atoms with Gasteiger partial charge in [0.1, 0.15) is 17.0 Å². The summed E-state index contributed by atoms with van der Waals surface area (Å²) in [6.45, 7) is 3.80. The van der Waals surface area contributed by atoms with E-state index in [9.17, 15) is 10.4 Å². The number of aromatic nitrogens is 6. The Morgan fingerprint density at radius 2 is 1.94 bits per heavy atom. The molecular formula is C24H22N8O. The van der Waals surface area contributed by atoms with E-state index in [4.69, 9.17) is 5.73 Å². The van der Waals surface area contributed by atoms with Crippen LogP contribution in [0.15, 0.2) is 42.6 Å². The van der Waals surface area contributed by atoms with Crippen LogP contribution in [0.25, 0.3) is 22.6 Å². The molecule has 0 saturated heterocycles. The van der Waals surface area contributed by atoms with Gasteiger partial charge >= 0.3 is 0 Å². The third-order valence-corrected chi connectivity index (χ3v) is 5.70. The zero-order valence-corrected chi connectivity index (χ0v) is 18.3. The molecule has 0 radical (unpaired) electrons. The molecule has 0 aliphatic heterocycles. The Balaban J connectivity index is 1.51. The largest absolute Gasteiger partial charge is 0.384 e. The first-order valence-electron chi connectivity index (χ1n) is 10.6. The summed E-state index contributed by atoms with van der Waals surface area (Å²) in [4.78, 5) is 13.5. The van der Waals surface area contributed by atoms with Gasteiger partial charge in [0.2, 0.25) is 5.95 Å². The molecule has 9 heteroatoms. The summed E-state index contributed by atoms with van der Waals surface area (Å²) >= 11 is 0. The Kier molecular flexibility index (Phi) is 4.87. The number of pyridine rings is 1. The van der Waals surface area contributed by atoms with Gasteiger partial charge in [-0.25, -0.2) is 14.6 Å². The number of hydrogen-bond acceptors (Lipinski definition) is 8. The smallest absolute Gasteiger partial charge is 0.221 e. The molecule has 3 N–H and O–H groups in total. The molecule has 0 atom stereocenters. The van der Waals surface area contributed by atoms with E-state index in [-0.39, 0.29) is 5.95 Å². The van der Waals surface area contributed by atoms with Gasteiger partial charge in [-0.3, -0.25) is 4.98 Å². The molecule has 9 nitrogen and oxygen atoms in total. The summed E-state index contributed by atoms with van der Waals surface area (Å²) in [5, 5.41) is 28.1. The maximum atomic E-state index is 10.2. The van der Waals surface area contributed by atoms with Crippen molar-refractivity contribution in [3.05, 3.63) is 70.7 Å². The van der Waals surface area contributed by atoms with Crippen molar-refractivity contribution >= 4 is 5.95 Å². The number of nitrogen functional groups attached to an aromatic ring is 1. The first-order valence-corrected chi connectivity index (χ1v) is 10.6. The van der Waals surface area contributed by atoms with E-state index in [0.717, 1.165) is 40.9 Å². The number of aryl methyl sites for hydroxylation is 1. The molecule has 164 valence electrons. The van der Waals surface area contributed by atoms with Gasteiger partial charge < -0.3 is 10.8 Å². The van der Waals surface area contributed by atoms with E-state index in [1.54, 1.807) is 24.6 Å². The van der Waals surface area contributed by atoms with Gasteiger partial charge in [0, 0.05) is 11.1 Å². The minimum Gasteiger partial charge on any atom is -0.384 e. The SMILES string of the molecule is CC(C)(O)c1cccc(Cn2cc(-c3nc(N)nc4c3CCc3ccc(C#N)cc3-4)nn2)n1. The molecule has 3 aromatic heterocycles. The van der Waals surface area contributed by atoms with Crippen LogP contribution in [0.5, 0.6) is 0 Å². The highest BCUT2D eigenvalue weighted by atomic mass is 16.3. The number of aliphatic hydroxyl groups is 1. The van der Waals surface area contributed by atoms with Crippen molar-refractivity contribution < 1.29 is 5.11 Å². The zero-order valence-electron chi connectivity index (χ0n) is 18.3. The third kappa shape index (κ3) is 3.92. The summed E-state index contributed by atoms with van der Waals surface area (Å²) in [5.74, 6) is 0.146. The number of benzene rings is 1. The van der Waals surface area contributed by atoms with Crippen molar-refractivity contribution in [3.63, 3.8) is 0 Å². The predicted octanol–water partition coefficient (Wildman–Crippen LogP) is 2.63. The molecule has 0 fully saturated rings. The van der Waals surface area contributed by atoms with Gasteiger partial charge in [-0.15, -0.1) is 5.10 Å². The lowest BCUT2D eigenvalue weighted by Gasteiger charge is -2.21. The van der Waals surface area contributed by atoms with E-state index in [0.29, 0.717) is 29.2 Å². The van der Waals surface area contributed by atoms with Crippen LogP contribution in [0, 0.1) is 11.3 Å². The Labute approximate surface area is 190 Å².